The topological polar surface area (TPSA) is 77.5 Å². The lowest BCUT2D eigenvalue weighted by Gasteiger charge is -2.17. The highest BCUT2D eigenvalue weighted by Crippen LogP contribution is 2.21. The van der Waals surface area contributed by atoms with Crippen molar-refractivity contribution in [2.75, 3.05) is 30.9 Å². The van der Waals surface area contributed by atoms with Crippen LogP contribution in [0.15, 0.2) is 18.3 Å². The molecule has 2 atom stereocenters. The van der Waals surface area contributed by atoms with Gasteiger partial charge < -0.3 is 20.6 Å². The second-order valence-corrected chi connectivity index (χ2v) is 4.61. The van der Waals surface area contributed by atoms with Crippen LogP contribution in [0.5, 0.6) is 0 Å². The van der Waals surface area contributed by atoms with Gasteiger partial charge in [-0.05, 0) is 18.6 Å². The number of nitrogens with one attached hydrogen (secondary N) is 2. The van der Waals surface area contributed by atoms with Crippen molar-refractivity contribution in [3.05, 3.63) is 18.3 Å². The Bertz CT molecular complexity index is 436. The molecule has 2 heterocycles. The number of aliphatic hydroxyl groups is 1. The van der Waals surface area contributed by atoms with Gasteiger partial charge in [-0.25, -0.2) is 4.98 Å². The molecule has 1 aliphatic heterocycles. The van der Waals surface area contributed by atoms with E-state index in [0.29, 0.717) is 24.5 Å². The predicted molar refractivity (Wildman–Crippen MR) is 69.6 cm³/mol. The van der Waals surface area contributed by atoms with Crippen LogP contribution in [0.3, 0.4) is 0 Å². The standard InChI is InChI=1S/C12H18N4O2/c1-16(2)11-9(4-3-5-13-11)15-12(18)10-6-8(17)7-14-10/h3-5,8,10,14,17H,6-7H2,1-2H3,(H,15,18). The predicted octanol–water partition coefficient (Wildman–Crippen LogP) is -0.191. The summed E-state index contributed by atoms with van der Waals surface area (Å²) in [4.78, 5) is 18.1. The van der Waals surface area contributed by atoms with E-state index in [2.05, 4.69) is 15.6 Å². The largest absolute Gasteiger partial charge is 0.392 e. The van der Waals surface area contributed by atoms with Crippen molar-refractivity contribution in [2.24, 2.45) is 0 Å². The van der Waals surface area contributed by atoms with Gasteiger partial charge in [-0.2, -0.15) is 0 Å². The number of anilines is 2. The Morgan fingerprint density at radius 3 is 3.00 bits per heavy atom. The van der Waals surface area contributed by atoms with Crippen LogP contribution in [-0.2, 0) is 4.79 Å². The zero-order valence-electron chi connectivity index (χ0n) is 10.6. The van der Waals surface area contributed by atoms with Gasteiger partial charge >= 0.3 is 0 Å². The first-order valence-corrected chi connectivity index (χ1v) is 5.92. The van der Waals surface area contributed by atoms with Gasteiger partial charge in [0.15, 0.2) is 5.82 Å². The van der Waals surface area contributed by atoms with Crippen molar-refractivity contribution in [1.29, 1.82) is 0 Å². The van der Waals surface area contributed by atoms with E-state index in [1.54, 1.807) is 12.3 Å². The van der Waals surface area contributed by atoms with E-state index in [0.717, 1.165) is 0 Å². The third-order valence-corrected chi connectivity index (χ3v) is 2.89. The molecule has 6 heteroatoms. The van der Waals surface area contributed by atoms with Crippen molar-refractivity contribution in [3.63, 3.8) is 0 Å². The number of carbonyl (C=O) groups excluding carboxylic acids is 1. The highest BCUT2D eigenvalue weighted by atomic mass is 16.3. The van der Waals surface area contributed by atoms with E-state index in [4.69, 9.17) is 0 Å². The van der Waals surface area contributed by atoms with Crippen LogP contribution in [0.2, 0.25) is 0 Å². The summed E-state index contributed by atoms with van der Waals surface area (Å²) in [6.45, 7) is 0.464. The molecular weight excluding hydrogens is 232 g/mol. The first-order valence-electron chi connectivity index (χ1n) is 5.92. The molecule has 6 nitrogen and oxygen atoms in total. The molecule has 0 bridgehead atoms. The molecule has 2 rings (SSSR count). The lowest BCUT2D eigenvalue weighted by atomic mass is 10.2. The Morgan fingerprint density at radius 1 is 1.61 bits per heavy atom. The summed E-state index contributed by atoms with van der Waals surface area (Å²) in [5.74, 6) is 0.576. The second-order valence-electron chi connectivity index (χ2n) is 4.61. The number of β-amino-alcohol motifs (C(OH)–C–C–N with tert-alkyl or cyclic N) is 1. The van der Waals surface area contributed by atoms with Gasteiger partial charge in [0.05, 0.1) is 17.8 Å². The highest BCUT2D eigenvalue weighted by molar-refractivity contribution is 5.97. The van der Waals surface area contributed by atoms with Gasteiger partial charge in [-0.1, -0.05) is 0 Å². The Kier molecular flexibility index (Phi) is 3.78. The lowest BCUT2D eigenvalue weighted by Crippen LogP contribution is -2.35. The molecule has 3 N–H and O–H groups in total. The molecule has 1 amide bonds. The molecule has 0 radical (unpaired) electrons. The number of hydrogen-bond acceptors (Lipinski definition) is 5. The van der Waals surface area contributed by atoms with Gasteiger partial charge in [0.25, 0.3) is 0 Å². The molecule has 0 saturated carbocycles. The monoisotopic (exact) mass is 250 g/mol. The van der Waals surface area contributed by atoms with E-state index < -0.39 is 6.10 Å². The zero-order chi connectivity index (χ0) is 13.1. The van der Waals surface area contributed by atoms with Crippen molar-refractivity contribution >= 4 is 17.4 Å². The SMILES string of the molecule is CN(C)c1ncccc1NC(=O)C1CC(O)CN1. The molecule has 1 aromatic heterocycles. The van der Waals surface area contributed by atoms with Gasteiger partial charge in [0.2, 0.25) is 5.91 Å². The van der Waals surface area contributed by atoms with Crippen molar-refractivity contribution in [1.82, 2.24) is 10.3 Å². The minimum Gasteiger partial charge on any atom is -0.392 e. The molecule has 1 fully saturated rings. The minimum absolute atomic E-state index is 0.136. The van der Waals surface area contributed by atoms with E-state index >= 15 is 0 Å². The number of pyridine rings is 1. The fraction of sp³-hybridized carbons (Fsp3) is 0.500. The Labute approximate surface area is 106 Å². The summed E-state index contributed by atoms with van der Waals surface area (Å²) in [6.07, 6.45) is 1.69. The normalized spacial score (nSPS) is 22.8. The van der Waals surface area contributed by atoms with Crippen molar-refractivity contribution < 1.29 is 9.90 Å². The fourth-order valence-electron chi connectivity index (χ4n) is 1.99. The summed E-state index contributed by atoms with van der Waals surface area (Å²) in [7, 11) is 3.74. The molecule has 98 valence electrons. The van der Waals surface area contributed by atoms with Crippen molar-refractivity contribution in [3.8, 4) is 0 Å². The summed E-state index contributed by atoms with van der Waals surface area (Å²) in [5, 5.41) is 15.2. The van der Waals surface area contributed by atoms with E-state index in [-0.39, 0.29) is 11.9 Å². The fourth-order valence-corrected chi connectivity index (χ4v) is 1.99. The highest BCUT2D eigenvalue weighted by Gasteiger charge is 2.28. The quantitative estimate of drug-likeness (QED) is 0.693. The molecule has 0 aliphatic carbocycles. The Morgan fingerprint density at radius 2 is 2.39 bits per heavy atom. The molecule has 18 heavy (non-hydrogen) atoms. The summed E-state index contributed by atoms with van der Waals surface area (Å²) in [5.41, 5.74) is 0.677. The maximum absolute atomic E-state index is 12.0. The number of aromatic nitrogens is 1. The van der Waals surface area contributed by atoms with Crippen LogP contribution < -0.4 is 15.5 Å². The number of aliphatic hydroxyl groups excluding tert-OH is 1. The summed E-state index contributed by atoms with van der Waals surface area (Å²) >= 11 is 0. The smallest absolute Gasteiger partial charge is 0.241 e. The Balaban J connectivity index is 2.07. The molecule has 1 saturated heterocycles. The third kappa shape index (κ3) is 2.77. The number of nitrogens with zero attached hydrogens (tertiary/aromatic N) is 2. The van der Waals surface area contributed by atoms with Crippen LogP contribution in [-0.4, -0.2) is 48.8 Å². The maximum atomic E-state index is 12.0. The van der Waals surface area contributed by atoms with Crippen LogP contribution in [0, 0.1) is 0 Å². The van der Waals surface area contributed by atoms with Crippen LogP contribution >= 0.6 is 0 Å². The average Bonchev–Trinajstić information content (AvgIpc) is 2.76. The summed E-state index contributed by atoms with van der Waals surface area (Å²) in [6, 6.07) is 3.25. The van der Waals surface area contributed by atoms with Gasteiger partial charge in [0.1, 0.15) is 0 Å². The average molecular weight is 250 g/mol. The van der Waals surface area contributed by atoms with E-state index in [1.807, 2.05) is 25.1 Å². The Hall–Kier alpha value is -1.66. The minimum atomic E-state index is -0.442. The molecule has 1 aromatic rings. The molecular formula is C12H18N4O2. The maximum Gasteiger partial charge on any atom is 0.241 e. The zero-order valence-corrected chi connectivity index (χ0v) is 10.6. The van der Waals surface area contributed by atoms with Gasteiger partial charge in [0, 0.05) is 26.8 Å². The van der Waals surface area contributed by atoms with Crippen molar-refractivity contribution in [2.45, 2.75) is 18.6 Å². The second kappa shape index (κ2) is 5.32. The van der Waals surface area contributed by atoms with Crippen LogP contribution in [0.1, 0.15) is 6.42 Å². The molecule has 1 aliphatic rings. The van der Waals surface area contributed by atoms with Crippen LogP contribution in [0.25, 0.3) is 0 Å². The molecule has 0 spiro atoms. The van der Waals surface area contributed by atoms with Gasteiger partial charge in [-0.15, -0.1) is 0 Å². The van der Waals surface area contributed by atoms with E-state index in [9.17, 15) is 9.90 Å². The number of carbonyl (C=O) groups is 1. The van der Waals surface area contributed by atoms with E-state index in [1.165, 1.54) is 0 Å². The lowest BCUT2D eigenvalue weighted by molar-refractivity contribution is -0.117. The molecule has 2 unspecified atom stereocenters. The molecule has 0 aromatic carbocycles. The van der Waals surface area contributed by atoms with Crippen LogP contribution in [0.4, 0.5) is 11.5 Å². The number of hydrogen-bond donors (Lipinski definition) is 3. The number of amides is 1. The first-order chi connectivity index (χ1) is 8.58. The third-order valence-electron chi connectivity index (χ3n) is 2.89. The first kappa shape index (κ1) is 12.8. The number of rotatable bonds is 3. The van der Waals surface area contributed by atoms with Gasteiger partial charge in [-0.3, -0.25) is 4.79 Å². The summed E-state index contributed by atoms with van der Waals surface area (Å²) < 4.78 is 0.